The normalized spacial score (nSPS) is 10.2. The SMILES string of the molecule is Cc1ccc(OCc2ccc(CO)cc2)cn1. The summed E-state index contributed by atoms with van der Waals surface area (Å²) in [5, 5.41) is 8.92. The number of aromatic nitrogens is 1. The van der Waals surface area contributed by atoms with Crippen molar-refractivity contribution in [2.45, 2.75) is 20.1 Å². The van der Waals surface area contributed by atoms with Crippen molar-refractivity contribution in [3.8, 4) is 5.75 Å². The summed E-state index contributed by atoms with van der Waals surface area (Å²) in [5.74, 6) is 0.766. The highest BCUT2D eigenvalue weighted by atomic mass is 16.5. The highest BCUT2D eigenvalue weighted by Gasteiger charge is 1.97. The van der Waals surface area contributed by atoms with Crippen LogP contribution >= 0.6 is 0 Å². The molecule has 1 N–H and O–H groups in total. The predicted molar refractivity (Wildman–Crippen MR) is 65.7 cm³/mol. The largest absolute Gasteiger partial charge is 0.487 e. The van der Waals surface area contributed by atoms with Crippen LogP contribution in [0.1, 0.15) is 16.8 Å². The van der Waals surface area contributed by atoms with Crippen LogP contribution in [0.5, 0.6) is 5.75 Å². The molecule has 0 spiro atoms. The number of benzene rings is 1. The van der Waals surface area contributed by atoms with E-state index in [9.17, 15) is 0 Å². The average molecular weight is 229 g/mol. The fourth-order valence-electron chi connectivity index (χ4n) is 1.45. The molecule has 0 saturated carbocycles. The fourth-order valence-corrected chi connectivity index (χ4v) is 1.45. The molecule has 2 rings (SSSR count). The second kappa shape index (κ2) is 5.46. The van der Waals surface area contributed by atoms with Crippen molar-refractivity contribution in [1.29, 1.82) is 0 Å². The van der Waals surface area contributed by atoms with Crippen molar-refractivity contribution < 1.29 is 9.84 Å². The first-order valence-electron chi connectivity index (χ1n) is 5.52. The minimum atomic E-state index is 0.0724. The maximum Gasteiger partial charge on any atom is 0.138 e. The van der Waals surface area contributed by atoms with Crippen LogP contribution in [0.2, 0.25) is 0 Å². The first kappa shape index (κ1) is 11.6. The van der Waals surface area contributed by atoms with E-state index in [1.807, 2.05) is 43.3 Å². The van der Waals surface area contributed by atoms with E-state index in [0.717, 1.165) is 22.6 Å². The highest BCUT2D eigenvalue weighted by Crippen LogP contribution is 2.12. The van der Waals surface area contributed by atoms with Gasteiger partial charge in [0.15, 0.2) is 0 Å². The van der Waals surface area contributed by atoms with Gasteiger partial charge in [-0.15, -0.1) is 0 Å². The van der Waals surface area contributed by atoms with Crippen LogP contribution in [0, 0.1) is 6.92 Å². The van der Waals surface area contributed by atoms with Crippen molar-refractivity contribution in [3.63, 3.8) is 0 Å². The van der Waals surface area contributed by atoms with Gasteiger partial charge >= 0.3 is 0 Å². The quantitative estimate of drug-likeness (QED) is 0.875. The zero-order chi connectivity index (χ0) is 12.1. The molecular formula is C14H15NO2. The van der Waals surface area contributed by atoms with E-state index < -0.39 is 0 Å². The van der Waals surface area contributed by atoms with Gasteiger partial charge in [-0.25, -0.2) is 0 Å². The first-order chi connectivity index (χ1) is 8.28. The molecule has 88 valence electrons. The monoisotopic (exact) mass is 229 g/mol. The fraction of sp³-hybridized carbons (Fsp3) is 0.214. The summed E-state index contributed by atoms with van der Waals surface area (Å²) >= 11 is 0. The smallest absolute Gasteiger partial charge is 0.138 e. The summed E-state index contributed by atoms with van der Waals surface area (Å²) in [5.41, 5.74) is 2.96. The van der Waals surface area contributed by atoms with Gasteiger partial charge in [-0.3, -0.25) is 4.98 Å². The van der Waals surface area contributed by atoms with E-state index in [-0.39, 0.29) is 6.61 Å². The second-order valence-electron chi connectivity index (χ2n) is 3.90. The van der Waals surface area contributed by atoms with Gasteiger partial charge < -0.3 is 9.84 Å². The van der Waals surface area contributed by atoms with Crippen molar-refractivity contribution in [1.82, 2.24) is 4.98 Å². The number of rotatable bonds is 4. The number of ether oxygens (including phenoxy) is 1. The van der Waals surface area contributed by atoms with Crippen molar-refractivity contribution in [2.24, 2.45) is 0 Å². The van der Waals surface area contributed by atoms with Crippen molar-refractivity contribution in [3.05, 3.63) is 59.4 Å². The third kappa shape index (κ3) is 3.29. The van der Waals surface area contributed by atoms with E-state index in [1.165, 1.54) is 0 Å². The molecule has 0 aliphatic rings. The lowest BCUT2D eigenvalue weighted by Crippen LogP contribution is -1.96. The third-order valence-electron chi connectivity index (χ3n) is 2.50. The number of aliphatic hydroxyl groups is 1. The zero-order valence-corrected chi connectivity index (χ0v) is 9.76. The molecule has 0 saturated heterocycles. The molecule has 0 aliphatic heterocycles. The molecule has 1 aromatic heterocycles. The average Bonchev–Trinajstić information content (AvgIpc) is 2.39. The number of nitrogens with zero attached hydrogens (tertiary/aromatic N) is 1. The molecule has 2 aromatic rings. The van der Waals surface area contributed by atoms with Gasteiger partial charge in [0.1, 0.15) is 12.4 Å². The molecule has 0 bridgehead atoms. The molecule has 0 radical (unpaired) electrons. The van der Waals surface area contributed by atoms with Crippen molar-refractivity contribution >= 4 is 0 Å². The van der Waals surface area contributed by atoms with Gasteiger partial charge in [0, 0.05) is 5.69 Å². The summed E-state index contributed by atoms with van der Waals surface area (Å²) in [7, 11) is 0. The number of hydrogen-bond acceptors (Lipinski definition) is 3. The Kier molecular flexibility index (Phi) is 3.73. The molecule has 0 unspecified atom stereocenters. The lowest BCUT2D eigenvalue weighted by atomic mass is 10.1. The minimum absolute atomic E-state index is 0.0724. The van der Waals surface area contributed by atoms with Crippen molar-refractivity contribution in [2.75, 3.05) is 0 Å². The molecule has 0 atom stereocenters. The summed E-state index contributed by atoms with van der Waals surface area (Å²) < 4.78 is 5.60. The van der Waals surface area contributed by atoms with Crippen LogP contribution in [0.3, 0.4) is 0 Å². The maximum atomic E-state index is 8.92. The van der Waals surface area contributed by atoms with Gasteiger partial charge in [0.2, 0.25) is 0 Å². The van der Waals surface area contributed by atoms with E-state index in [4.69, 9.17) is 9.84 Å². The number of hydrogen-bond donors (Lipinski definition) is 1. The topological polar surface area (TPSA) is 42.4 Å². The predicted octanol–water partition coefficient (Wildman–Crippen LogP) is 2.46. The van der Waals surface area contributed by atoms with Crippen LogP contribution in [-0.4, -0.2) is 10.1 Å². The van der Waals surface area contributed by atoms with Gasteiger partial charge in [0.05, 0.1) is 12.8 Å². The maximum absolute atomic E-state index is 8.92. The lowest BCUT2D eigenvalue weighted by Gasteiger charge is -2.06. The summed E-state index contributed by atoms with van der Waals surface area (Å²) in [6.45, 7) is 2.52. The van der Waals surface area contributed by atoms with Crippen LogP contribution in [0.15, 0.2) is 42.6 Å². The van der Waals surface area contributed by atoms with E-state index in [0.29, 0.717) is 6.61 Å². The Morgan fingerprint density at radius 1 is 1.06 bits per heavy atom. The number of pyridine rings is 1. The Bertz CT molecular complexity index is 463. The van der Waals surface area contributed by atoms with Gasteiger partial charge in [0.25, 0.3) is 0 Å². The summed E-state index contributed by atoms with van der Waals surface area (Å²) in [6, 6.07) is 11.5. The van der Waals surface area contributed by atoms with E-state index in [2.05, 4.69) is 4.98 Å². The summed E-state index contributed by atoms with van der Waals surface area (Å²) in [6.07, 6.45) is 1.72. The Morgan fingerprint density at radius 3 is 2.35 bits per heavy atom. The number of aliphatic hydroxyl groups excluding tert-OH is 1. The van der Waals surface area contributed by atoms with E-state index >= 15 is 0 Å². The Labute approximate surface area is 101 Å². The molecule has 17 heavy (non-hydrogen) atoms. The van der Waals surface area contributed by atoms with Gasteiger partial charge in [-0.1, -0.05) is 24.3 Å². The molecule has 3 heteroatoms. The Morgan fingerprint density at radius 2 is 1.76 bits per heavy atom. The van der Waals surface area contributed by atoms with Crippen LogP contribution in [0.4, 0.5) is 0 Å². The third-order valence-corrected chi connectivity index (χ3v) is 2.50. The van der Waals surface area contributed by atoms with E-state index in [1.54, 1.807) is 6.20 Å². The molecule has 0 amide bonds. The van der Waals surface area contributed by atoms with Crippen LogP contribution < -0.4 is 4.74 Å². The lowest BCUT2D eigenvalue weighted by molar-refractivity contribution is 0.281. The standard InChI is InChI=1S/C14H15NO2/c1-11-2-7-14(8-15-11)17-10-13-5-3-12(9-16)4-6-13/h2-8,16H,9-10H2,1H3. The molecule has 1 heterocycles. The van der Waals surface area contributed by atoms with Crippen LogP contribution in [-0.2, 0) is 13.2 Å². The highest BCUT2D eigenvalue weighted by molar-refractivity contribution is 5.23. The molecule has 1 aromatic carbocycles. The Balaban J connectivity index is 1.95. The first-order valence-corrected chi connectivity index (χ1v) is 5.52. The summed E-state index contributed by atoms with van der Waals surface area (Å²) in [4.78, 5) is 4.16. The molecule has 3 nitrogen and oxygen atoms in total. The Hall–Kier alpha value is -1.87. The second-order valence-corrected chi connectivity index (χ2v) is 3.90. The zero-order valence-electron chi connectivity index (χ0n) is 9.76. The van der Waals surface area contributed by atoms with Gasteiger partial charge in [-0.05, 0) is 30.2 Å². The number of aryl methyl sites for hydroxylation is 1. The molecule has 0 aliphatic carbocycles. The van der Waals surface area contributed by atoms with Crippen LogP contribution in [0.25, 0.3) is 0 Å². The van der Waals surface area contributed by atoms with Gasteiger partial charge in [-0.2, -0.15) is 0 Å². The molecular weight excluding hydrogens is 214 g/mol. The minimum Gasteiger partial charge on any atom is -0.487 e. The molecule has 0 fully saturated rings.